The van der Waals surface area contributed by atoms with Crippen LogP contribution in [0.1, 0.15) is 26.5 Å². The summed E-state index contributed by atoms with van der Waals surface area (Å²) in [6.07, 6.45) is 0. The second kappa shape index (κ2) is 8.17. The number of nitro groups is 1. The molecular weight excluding hydrogens is 455 g/mol. The molecule has 0 unspecified atom stereocenters. The molecule has 3 rings (SSSR count). The molecule has 0 fully saturated rings. The molecule has 0 aliphatic rings. The number of halogens is 1. The first-order valence-electron chi connectivity index (χ1n) is 9.00. The average molecular weight is 477 g/mol. The molecule has 6 nitrogen and oxygen atoms in total. The molecule has 1 heterocycles. The SMILES string of the molecule is Cc1ccc([P@@](=Nc2ccc([N+](=O)[O-])cc2)(Oc2cccc(Br)c2)C(C)(C)C)o1. The number of nitrogens with zero attached hydrogens (tertiary/aromatic N) is 2. The van der Waals surface area contributed by atoms with E-state index in [0.717, 1.165) is 10.2 Å². The lowest BCUT2D eigenvalue weighted by Gasteiger charge is -2.35. The highest BCUT2D eigenvalue weighted by Crippen LogP contribution is 2.62. The number of benzene rings is 2. The minimum Gasteiger partial charge on any atom is -0.457 e. The molecule has 0 aliphatic heterocycles. The maximum atomic E-state index is 11.0. The lowest BCUT2D eigenvalue weighted by Crippen LogP contribution is -2.26. The molecule has 0 aliphatic carbocycles. The van der Waals surface area contributed by atoms with Crippen LogP contribution in [-0.4, -0.2) is 10.1 Å². The van der Waals surface area contributed by atoms with E-state index in [1.165, 1.54) is 12.1 Å². The van der Waals surface area contributed by atoms with E-state index in [1.54, 1.807) is 12.1 Å². The monoisotopic (exact) mass is 476 g/mol. The van der Waals surface area contributed by atoms with Crippen molar-refractivity contribution < 1.29 is 13.9 Å². The van der Waals surface area contributed by atoms with Crippen molar-refractivity contribution in [2.24, 2.45) is 4.74 Å². The van der Waals surface area contributed by atoms with Crippen molar-refractivity contribution >= 4 is 40.1 Å². The number of rotatable bonds is 5. The van der Waals surface area contributed by atoms with Gasteiger partial charge in [-0.25, -0.2) is 4.74 Å². The maximum absolute atomic E-state index is 11.0. The Labute approximate surface area is 178 Å². The van der Waals surface area contributed by atoms with Crippen LogP contribution in [0.3, 0.4) is 0 Å². The lowest BCUT2D eigenvalue weighted by atomic mass is 10.3. The van der Waals surface area contributed by atoms with E-state index in [9.17, 15) is 10.1 Å². The highest BCUT2D eigenvalue weighted by atomic mass is 79.9. The van der Waals surface area contributed by atoms with Gasteiger partial charge in [0.15, 0.2) is 5.50 Å². The second-order valence-electron chi connectivity index (χ2n) is 7.55. The fraction of sp³-hybridized carbons (Fsp3) is 0.238. The van der Waals surface area contributed by atoms with E-state index < -0.39 is 17.4 Å². The molecule has 0 amide bonds. The van der Waals surface area contributed by atoms with Crippen LogP contribution in [0.2, 0.25) is 0 Å². The van der Waals surface area contributed by atoms with Gasteiger partial charge in [0.25, 0.3) is 5.69 Å². The Bertz CT molecular complexity index is 1080. The molecule has 0 spiro atoms. The summed E-state index contributed by atoms with van der Waals surface area (Å²) in [4.78, 5) is 10.6. The van der Waals surface area contributed by atoms with Gasteiger partial charge in [-0.05, 0) is 49.4 Å². The predicted octanol–water partition coefficient (Wildman–Crippen LogP) is 7.21. The summed E-state index contributed by atoms with van der Waals surface area (Å²) >= 11 is 3.48. The van der Waals surface area contributed by atoms with Crippen molar-refractivity contribution in [2.75, 3.05) is 0 Å². The molecule has 1 aromatic heterocycles. The Morgan fingerprint density at radius 1 is 1.10 bits per heavy atom. The number of aryl methyl sites for hydroxylation is 1. The van der Waals surface area contributed by atoms with E-state index in [1.807, 2.05) is 43.3 Å². The van der Waals surface area contributed by atoms with Gasteiger partial charge in [-0.15, -0.1) is 0 Å². The van der Waals surface area contributed by atoms with Crippen LogP contribution in [0, 0.1) is 17.0 Å². The van der Waals surface area contributed by atoms with Crippen LogP contribution in [0.5, 0.6) is 5.75 Å². The zero-order valence-electron chi connectivity index (χ0n) is 16.6. The molecule has 0 bridgehead atoms. The van der Waals surface area contributed by atoms with Crippen LogP contribution in [-0.2, 0) is 0 Å². The van der Waals surface area contributed by atoms with E-state index in [0.29, 0.717) is 16.9 Å². The van der Waals surface area contributed by atoms with Crippen molar-refractivity contribution in [1.82, 2.24) is 0 Å². The molecular formula is C21H22BrN2O4P. The smallest absolute Gasteiger partial charge is 0.269 e. The third-order valence-electron chi connectivity index (χ3n) is 4.28. The highest BCUT2D eigenvalue weighted by Gasteiger charge is 2.41. The first kappa shape index (κ1) is 21.3. The lowest BCUT2D eigenvalue weighted by molar-refractivity contribution is -0.384. The number of hydrogen-bond donors (Lipinski definition) is 0. The van der Waals surface area contributed by atoms with Crippen LogP contribution >= 0.6 is 23.2 Å². The highest BCUT2D eigenvalue weighted by molar-refractivity contribution is 9.10. The van der Waals surface area contributed by atoms with E-state index in [-0.39, 0.29) is 5.69 Å². The van der Waals surface area contributed by atoms with Crippen molar-refractivity contribution in [1.29, 1.82) is 0 Å². The quantitative estimate of drug-likeness (QED) is 0.221. The Morgan fingerprint density at radius 3 is 2.31 bits per heavy atom. The molecule has 0 N–H and O–H groups in total. The number of non-ortho nitro benzene ring substituents is 1. The topological polar surface area (TPSA) is 77.9 Å². The van der Waals surface area contributed by atoms with Crippen LogP contribution < -0.4 is 10.0 Å². The maximum Gasteiger partial charge on any atom is 0.269 e. The summed E-state index contributed by atoms with van der Waals surface area (Å²) in [5, 5.41) is 10.6. The molecule has 8 heteroatoms. The molecule has 0 saturated heterocycles. The summed E-state index contributed by atoms with van der Waals surface area (Å²) in [5.74, 6) is 1.44. The number of nitro benzene ring substituents is 1. The zero-order valence-corrected chi connectivity index (χ0v) is 19.1. The van der Waals surface area contributed by atoms with Gasteiger partial charge >= 0.3 is 0 Å². The van der Waals surface area contributed by atoms with Crippen LogP contribution in [0.25, 0.3) is 0 Å². The van der Waals surface area contributed by atoms with E-state index >= 15 is 0 Å². The third kappa shape index (κ3) is 4.62. The Kier molecular flexibility index (Phi) is 6.01. The second-order valence-corrected chi connectivity index (χ2v) is 11.8. The van der Waals surface area contributed by atoms with Gasteiger partial charge in [0.05, 0.1) is 10.6 Å². The van der Waals surface area contributed by atoms with Crippen molar-refractivity contribution in [3.8, 4) is 5.75 Å². The fourth-order valence-corrected chi connectivity index (χ4v) is 6.06. The van der Waals surface area contributed by atoms with Crippen molar-refractivity contribution in [2.45, 2.75) is 32.9 Å². The molecule has 0 radical (unpaired) electrons. The molecule has 0 saturated carbocycles. The van der Waals surface area contributed by atoms with Crippen LogP contribution in [0.15, 0.2) is 74.3 Å². The summed E-state index contributed by atoms with van der Waals surface area (Å²) in [6, 6.07) is 17.6. The first-order chi connectivity index (χ1) is 13.6. The summed E-state index contributed by atoms with van der Waals surface area (Å²) in [5.41, 5.74) is 1.29. The standard InChI is InChI=1S/C21H22BrN2O4P/c1-15-8-13-20(27-15)29(21(2,3)4,28-19-7-5-6-16(22)14-19)23-17-9-11-18(12-10-17)24(25)26/h5-14H,1-4H3/t29-/m1/s1. The molecule has 1 atom stereocenters. The van der Waals surface area contributed by atoms with Gasteiger partial charge in [-0.3, -0.25) is 10.1 Å². The number of hydrogen-bond acceptors (Lipinski definition) is 5. The molecule has 2 aromatic carbocycles. The minimum absolute atomic E-state index is 0.0189. The first-order valence-corrected chi connectivity index (χ1v) is 11.4. The minimum atomic E-state index is -2.75. The van der Waals surface area contributed by atoms with Crippen molar-refractivity contribution in [3.63, 3.8) is 0 Å². The van der Waals surface area contributed by atoms with Gasteiger partial charge in [-0.2, -0.15) is 0 Å². The number of furan rings is 1. The van der Waals surface area contributed by atoms with Gasteiger partial charge in [0.1, 0.15) is 11.5 Å². The van der Waals surface area contributed by atoms with Crippen LogP contribution in [0.4, 0.5) is 11.4 Å². The average Bonchev–Trinajstić information content (AvgIpc) is 3.07. The largest absolute Gasteiger partial charge is 0.457 e. The molecule has 152 valence electrons. The predicted molar refractivity (Wildman–Crippen MR) is 120 cm³/mol. The van der Waals surface area contributed by atoms with E-state index in [4.69, 9.17) is 13.7 Å². The van der Waals surface area contributed by atoms with Gasteiger partial charge < -0.3 is 8.94 Å². The zero-order chi connectivity index (χ0) is 21.2. The van der Waals surface area contributed by atoms with Gasteiger partial charge in [0, 0.05) is 21.8 Å². The van der Waals surface area contributed by atoms with Crippen molar-refractivity contribution in [3.05, 3.63) is 81.0 Å². The van der Waals surface area contributed by atoms with Gasteiger partial charge in [-0.1, -0.05) is 42.8 Å². The Morgan fingerprint density at radius 2 is 1.79 bits per heavy atom. The normalized spacial score (nSPS) is 13.6. The summed E-state index contributed by atoms with van der Waals surface area (Å²) < 4.78 is 18.6. The van der Waals surface area contributed by atoms with E-state index in [2.05, 4.69) is 36.7 Å². The molecule has 3 aromatic rings. The fourth-order valence-electron chi connectivity index (χ4n) is 2.80. The molecule has 29 heavy (non-hydrogen) atoms. The Balaban J connectivity index is 2.24. The summed E-state index contributed by atoms with van der Waals surface area (Å²) in [7, 11) is -2.75. The third-order valence-corrected chi connectivity index (χ3v) is 8.42. The summed E-state index contributed by atoms with van der Waals surface area (Å²) in [6.45, 7) is 8.06. The Hall–Kier alpha value is -2.37. The van der Waals surface area contributed by atoms with Gasteiger partial charge in [0.2, 0.25) is 7.28 Å².